The summed E-state index contributed by atoms with van der Waals surface area (Å²) in [5.74, 6) is -1.99. The molecule has 0 aliphatic carbocycles. The molecule has 3 aromatic rings. The van der Waals surface area contributed by atoms with Crippen molar-refractivity contribution in [1.82, 2.24) is 14.9 Å². The van der Waals surface area contributed by atoms with Crippen molar-refractivity contribution in [3.8, 4) is 0 Å². The van der Waals surface area contributed by atoms with Crippen LogP contribution in [-0.2, 0) is 22.5 Å². The van der Waals surface area contributed by atoms with Crippen molar-refractivity contribution < 1.29 is 24.2 Å². The number of nitrogens with zero attached hydrogens (tertiary/aromatic N) is 2. The van der Waals surface area contributed by atoms with Gasteiger partial charge in [-0.3, -0.25) is 4.79 Å². The molecule has 36 heavy (non-hydrogen) atoms. The Kier molecular flexibility index (Phi) is 8.76. The molecule has 0 saturated heterocycles. The van der Waals surface area contributed by atoms with E-state index < -0.39 is 29.6 Å². The van der Waals surface area contributed by atoms with E-state index in [1.54, 1.807) is 43.7 Å². The molecule has 10 heteroatoms. The molecule has 0 fully saturated rings. The highest BCUT2D eigenvalue weighted by molar-refractivity contribution is 6.37. The number of carbonyl (C=O) groups is 3. The van der Waals surface area contributed by atoms with E-state index in [-0.39, 0.29) is 23.8 Å². The molecule has 2 atom stereocenters. The summed E-state index contributed by atoms with van der Waals surface area (Å²) in [5, 5.41) is 12.6. The third-order valence-electron chi connectivity index (χ3n) is 5.20. The lowest BCUT2D eigenvalue weighted by Crippen LogP contribution is -2.44. The molecule has 0 spiro atoms. The highest BCUT2D eigenvalue weighted by Crippen LogP contribution is 2.29. The van der Waals surface area contributed by atoms with Crippen LogP contribution < -0.4 is 5.32 Å². The van der Waals surface area contributed by atoms with Gasteiger partial charge in [0.25, 0.3) is 0 Å². The molecule has 1 heterocycles. The van der Waals surface area contributed by atoms with Crippen molar-refractivity contribution >= 4 is 41.0 Å². The monoisotopic (exact) mass is 531 g/mol. The zero-order chi connectivity index (χ0) is 26.5. The van der Waals surface area contributed by atoms with E-state index in [0.717, 1.165) is 5.56 Å². The second-order valence-electron chi connectivity index (χ2n) is 9.25. The number of aromatic nitrogens is 2. The molecular weight excluding hydrogens is 505 g/mol. The minimum Gasteiger partial charge on any atom is -0.480 e. The Morgan fingerprint density at radius 2 is 1.81 bits per heavy atom. The van der Waals surface area contributed by atoms with E-state index in [1.165, 1.54) is 12.4 Å². The zero-order valence-corrected chi connectivity index (χ0v) is 21.6. The number of carboxylic acid groups (broad SMARTS) is 1. The van der Waals surface area contributed by atoms with Gasteiger partial charge in [-0.1, -0.05) is 53.5 Å². The van der Waals surface area contributed by atoms with Gasteiger partial charge >= 0.3 is 12.1 Å². The molecule has 0 saturated carbocycles. The molecule has 0 aliphatic rings. The Labute approximate surface area is 219 Å². The number of alkyl carbamates (subject to hydrolysis) is 1. The molecule has 0 bridgehead atoms. The Morgan fingerprint density at radius 3 is 2.42 bits per heavy atom. The number of carbonyl (C=O) groups excluding carboxylic acids is 2. The number of rotatable bonds is 9. The summed E-state index contributed by atoms with van der Waals surface area (Å²) in [6.45, 7) is 5.30. The van der Waals surface area contributed by atoms with Crippen LogP contribution in [0.3, 0.4) is 0 Å². The average Bonchev–Trinajstić information content (AvgIpc) is 3.23. The number of ketones is 1. The molecule has 1 aromatic heterocycles. The SMILES string of the molecule is CC(C)(C)OC(=O)N[C@@H](Cc1cn(CC(C(=O)c2ccc(Cl)cc2Cl)c2ccccc2)cn1)C(=O)O. The summed E-state index contributed by atoms with van der Waals surface area (Å²) >= 11 is 12.3. The molecule has 0 aliphatic heterocycles. The minimum atomic E-state index is -1.23. The molecule has 8 nitrogen and oxygen atoms in total. The first-order valence-electron chi connectivity index (χ1n) is 11.2. The van der Waals surface area contributed by atoms with Gasteiger partial charge in [0.1, 0.15) is 11.6 Å². The predicted octanol–water partition coefficient (Wildman–Crippen LogP) is 5.38. The van der Waals surface area contributed by atoms with Crippen LogP contribution >= 0.6 is 23.2 Å². The number of ether oxygens (including phenoxy) is 1. The van der Waals surface area contributed by atoms with Gasteiger partial charge in [0.05, 0.1) is 23.0 Å². The van der Waals surface area contributed by atoms with Crippen LogP contribution in [-0.4, -0.2) is 44.1 Å². The lowest BCUT2D eigenvalue weighted by molar-refractivity contribution is -0.139. The standard InChI is InChI=1S/C26H27Cl2N3O5/c1-26(2,3)36-25(35)30-22(24(33)34)12-18-13-31(15-29-18)14-20(16-7-5-4-6-8-16)23(32)19-10-9-17(27)11-21(19)28/h4-11,13,15,20,22H,12,14H2,1-3H3,(H,30,35)(H,33,34)/t20?,22-/m0/s1. The maximum absolute atomic E-state index is 13.5. The van der Waals surface area contributed by atoms with Crippen LogP contribution in [0.5, 0.6) is 0 Å². The number of hydrogen-bond donors (Lipinski definition) is 2. The number of halogens is 2. The number of nitrogens with one attached hydrogen (secondary N) is 1. The molecule has 2 N–H and O–H groups in total. The number of aliphatic carboxylic acids is 1. The number of imidazole rings is 1. The normalized spacial score (nSPS) is 13.0. The van der Waals surface area contributed by atoms with E-state index in [0.29, 0.717) is 16.3 Å². The number of benzene rings is 2. The molecule has 1 unspecified atom stereocenters. The van der Waals surface area contributed by atoms with Gasteiger partial charge in [-0.05, 0) is 44.5 Å². The van der Waals surface area contributed by atoms with Crippen LogP contribution in [0.15, 0.2) is 61.1 Å². The summed E-state index contributed by atoms with van der Waals surface area (Å²) in [5.41, 5.74) is 0.810. The maximum atomic E-state index is 13.5. The molecular formula is C26H27Cl2N3O5. The van der Waals surface area contributed by atoms with E-state index in [1.807, 2.05) is 30.3 Å². The summed E-state index contributed by atoms with van der Waals surface area (Å²) in [6.07, 6.45) is 2.28. The highest BCUT2D eigenvalue weighted by atomic mass is 35.5. The zero-order valence-electron chi connectivity index (χ0n) is 20.1. The van der Waals surface area contributed by atoms with Gasteiger partial charge in [-0.15, -0.1) is 0 Å². The van der Waals surface area contributed by atoms with E-state index >= 15 is 0 Å². The van der Waals surface area contributed by atoms with Crippen LogP contribution in [0, 0.1) is 0 Å². The Bertz CT molecular complexity index is 1240. The first-order valence-corrected chi connectivity index (χ1v) is 12.0. The summed E-state index contributed by atoms with van der Waals surface area (Å²) in [6, 6.07) is 12.8. The van der Waals surface area contributed by atoms with Gasteiger partial charge in [0.15, 0.2) is 5.78 Å². The fourth-order valence-corrected chi connectivity index (χ4v) is 4.09. The molecule has 3 rings (SSSR count). The predicted molar refractivity (Wildman–Crippen MR) is 137 cm³/mol. The van der Waals surface area contributed by atoms with Gasteiger partial charge in [-0.2, -0.15) is 0 Å². The van der Waals surface area contributed by atoms with Crippen molar-refractivity contribution in [2.75, 3.05) is 0 Å². The van der Waals surface area contributed by atoms with E-state index in [4.69, 9.17) is 27.9 Å². The minimum absolute atomic E-state index is 0.0610. The third-order valence-corrected chi connectivity index (χ3v) is 5.75. The van der Waals surface area contributed by atoms with Crippen molar-refractivity contribution in [2.24, 2.45) is 0 Å². The van der Waals surface area contributed by atoms with Crippen molar-refractivity contribution in [3.05, 3.63) is 87.9 Å². The average molecular weight is 532 g/mol. The Morgan fingerprint density at radius 1 is 1.11 bits per heavy atom. The number of carboxylic acids is 1. The second kappa shape index (κ2) is 11.6. The quantitative estimate of drug-likeness (QED) is 0.358. The number of hydrogen-bond acceptors (Lipinski definition) is 5. The van der Waals surface area contributed by atoms with Gasteiger partial charge < -0.3 is 19.7 Å². The van der Waals surface area contributed by atoms with Crippen molar-refractivity contribution in [1.29, 1.82) is 0 Å². The molecule has 190 valence electrons. The van der Waals surface area contributed by atoms with Crippen molar-refractivity contribution in [2.45, 2.75) is 51.3 Å². The summed E-state index contributed by atoms with van der Waals surface area (Å²) in [4.78, 5) is 41.5. The Balaban J connectivity index is 1.80. The van der Waals surface area contributed by atoms with Crippen LogP contribution in [0.25, 0.3) is 0 Å². The van der Waals surface area contributed by atoms with E-state index in [2.05, 4.69) is 10.3 Å². The van der Waals surface area contributed by atoms with Crippen LogP contribution in [0.1, 0.15) is 48.3 Å². The van der Waals surface area contributed by atoms with E-state index in [9.17, 15) is 19.5 Å². The molecule has 2 aromatic carbocycles. The smallest absolute Gasteiger partial charge is 0.408 e. The van der Waals surface area contributed by atoms with Gasteiger partial charge in [0.2, 0.25) is 0 Å². The first kappa shape index (κ1) is 27.2. The Hall–Kier alpha value is -3.36. The second-order valence-corrected chi connectivity index (χ2v) is 10.1. The number of Topliss-reactive ketones (excluding diaryl/α,β-unsaturated/α-hetero) is 1. The summed E-state index contributed by atoms with van der Waals surface area (Å²) < 4.78 is 6.86. The lowest BCUT2D eigenvalue weighted by atomic mass is 9.90. The molecule has 1 amide bonds. The van der Waals surface area contributed by atoms with Crippen LogP contribution in [0.2, 0.25) is 10.0 Å². The van der Waals surface area contributed by atoms with Crippen molar-refractivity contribution in [3.63, 3.8) is 0 Å². The topological polar surface area (TPSA) is 111 Å². The van der Waals surface area contributed by atoms with Gasteiger partial charge in [0, 0.05) is 29.7 Å². The fraction of sp³-hybridized carbons (Fsp3) is 0.308. The number of amides is 1. The van der Waals surface area contributed by atoms with Gasteiger partial charge in [-0.25, -0.2) is 14.6 Å². The first-order chi connectivity index (χ1) is 16.9. The molecule has 0 radical (unpaired) electrons. The summed E-state index contributed by atoms with van der Waals surface area (Å²) in [7, 11) is 0. The van der Waals surface area contributed by atoms with Crippen LogP contribution in [0.4, 0.5) is 4.79 Å². The third kappa shape index (κ3) is 7.57. The fourth-order valence-electron chi connectivity index (χ4n) is 3.58. The lowest BCUT2D eigenvalue weighted by Gasteiger charge is -2.21. The largest absolute Gasteiger partial charge is 0.480 e. The maximum Gasteiger partial charge on any atom is 0.408 e. The highest BCUT2D eigenvalue weighted by Gasteiger charge is 2.27.